The Balaban J connectivity index is 2.01. The first-order chi connectivity index (χ1) is 11.8. The van der Waals surface area contributed by atoms with Crippen molar-refractivity contribution in [3.8, 4) is 0 Å². The van der Waals surface area contributed by atoms with Gasteiger partial charge in [-0.05, 0) is 39.2 Å². The molecule has 0 unspecified atom stereocenters. The van der Waals surface area contributed by atoms with E-state index < -0.39 is 9.84 Å². The van der Waals surface area contributed by atoms with Gasteiger partial charge in [0.2, 0.25) is 0 Å². The van der Waals surface area contributed by atoms with Crippen molar-refractivity contribution in [2.24, 2.45) is 0 Å². The van der Waals surface area contributed by atoms with Gasteiger partial charge >= 0.3 is 0 Å². The second-order valence-corrected chi connectivity index (χ2v) is 9.03. The summed E-state index contributed by atoms with van der Waals surface area (Å²) in [6.07, 6.45) is 1.15. The Labute approximate surface area is 152 Å². The van der Waals surface area contributed by atoms with E-state index in [0.29, 0.717) is 42.5 Å². The van der Waals surface area contributed by atoms with E-state index in [1.807, 2.05) is 25.4 Å². The lowest BCUT2D eigenvalue weighted by molar-refractivity contribution is 0.126. The smallest absolute Gasteiger partial charge is 0.157 e. The molecule has 0 spiro atoms. The van der Waals surface area contributed by atoms with Crippen molar-refractivity contribution in [2.45, 2.75) is 46.3 Å². The SMILES string of the molecule is CCOCc1nc2c(Cl)nc(C)c(C)c2n1NC1CCS(=O)(=O)CC1. The Morgan fingerprint density at radius 1 is 1.28 bits per heavy atom. The van der Waals surface area contributed by atoms with Crippen molar-refractivity contribution in [1.29, 1.82) is 0 Å². The van der Waals surface area contributed by atoms with Gasteiger partial charge in [-0.3, -0.25) is 0 Å². The average molecular weight is 387 g/mol. The molecule has 1 N–H and O–H groups in total. The molecule has 9 heteroatoms. The number of rotatable bonds is 5. The Hall–Kier alpha value is -1.38. The summed E-state index contributed by atoms with van der Waals surface area (Å²) in [6.45, 7) is 6.74. The van der Waals surface area contributed by atoms with E-state index in [2.05, 4.69) is 15.4 Å². The largest absolute Gasteiger partial charge is 0.374 e. The van der Waals surface area contributed by atoms with Crippen LogP contribution in [0.5, 0.6) is 0 Å². The topological polar surface area (TPSA) is 86.1 Å². The highest BCUT2D eigenvalue weighted by molar-refractivity contribution is 7.91. The number of halogens is 1. The fourth-order valence-electron chi connectivity index (χ4n) is 3.04. The number of sulfone groups is 1. The number of nitrogens with zero attached hydrogens (tertiary/aromatic N) is 3. The Kier molecular flexibility index (Phi) is 5.22. The maximum Gasteiger partial charge on any atom is 0.157 e. The van der Waals surface area contributed by atoms with Crippen LogP contribution in [0.2, 0.25) is 5.15 Å². The van der Waals surface area contributed by atoms with Gasteiger partial charge in [-0.2, -0.15) is 0 Å². The van der Waals surface area contributed by atoms with Crippen LogP contribution in [0.4, 0.5) is 0 Å². The molecule has 0 atom stereocenters. The molecule has 0 bridgehead atoms. The summed E-state index contributed by atoms with van der Waals surface area (Å²) in [5.41, 5.74) is 6.78. The van der Waals surface area contributed by atoms with Crippen molar-refractivity contribution in [3.63, 3.8) is 0 Å². The number of hydrogen-bond donors (Lipinski definition) is 1. The highest BCUT2D eigenvalue weighted by atomic mass is 35.5. The molecule has 2 aromatic rings. The molecule has 1 aliphatic heterocycles. The summed E-state index contributed by atoms with van der Waals surface area (Å²) in [4.78, 5) is 8.95. The maximum absolute atomic E-state index is 11.7. The van der Waals surface area contributed by atoms with Crippen LogP contribution in [0.25, 0.3) is 11.0 Å². The van der Waals surface area contributed by atoms with Crippen molar-refractivity contribution in [1.82, 2.24) is 14.6 Å². The van der Waals surface area contributed by atoms with Crippen LogP contribution in [-0.4, -0.2) is 47.2 Å². The maximum atomic E-state index is 11.7. The number of nitrogens with one attached hydrogen (secondary N) is 1. The molecule has 0 amide bonds. The molecule has 2 aromatic heterocycles. The van der Waals surface area contributed by atoms with Gasteiger partial charge in [0, 0.05) is 18.3 Å². The number of hydrogen-bond acceptors (Lipinski definition) is 6. The molecule has 0 saturated carbocycles. The lowest BCUT2D eigenvalue weighted by atomic mass is 10.2. The van der Waals surface area contributed by atoms with E-state index in [1.54, 1.807) is 0 Å². The molecule has 0 aliphatic carbocycles. The number of fused-ring (bicyclic) bond motifs is 1. The number of aromatic nitrogens is 3. The molecule has 25 heavy (non-hydrogen) atoms. The summed E-state index contributed by atoms with van der Waals surface area (Å²) >= 11 is 6.30. The highest BCUT2D eigenvalue weighted by Gasteiger charge is 2.26. The molecule has 1 aliphatic rings. The first-order valence-electron chi connectivity index (χ1n) is 8.41. The first kappa shape index (κ1) is 18.4. The molecule has 3 rings (SSSR count). The third kappa shape index (κ3) is 3.75. The quantitative estimate of drug-likeness (QED) is 0.794. The van der Waals surface area contributed by atoms with Crippen LogP contribution in [0, 0.1) is 13.8 Å². The van der Waals surface area contributed by atoms with E-state index in [9.17, 15) is 8.42 Å². The minimum Gasteiger partial charge on any atom is -0.374 e. The van der Waals surface area contributed by atoms with Gasteiger partial charge in [0.15, 0.2) is 11.0 Å². The number of imidazole rings is 1. The fourth-order valence-corrected chi connectivity index (χ4v) is 4.79. The van der Waals surface area contributed by atoms with Crippen LogP contribution in [-0.2, 0) is 21.2 Å². The first-order valence-corrected chi connectivity index (χ1v) is 10.6. The molecule has 7 nitrogen and oxygen atoms in total. The van der Waals surface area contributed by atoms with Gasteiger partial charge in [-0.1, -0.05) is 11.6 Å². The lowest BCUT2D eigenvalue weighted by Crippen LogP contribution is -2.37. The summed E-state index contributed by atoms with van der Waals surface area (Å²) in [5, 5.41) is 0.364. The average Bonchev–Trinajstić information content (AvgIpc) is 2.92. The van der Waals surface area contributed by atoms with E-state index in [0.717, 1.165) is 16.8 Å². The van der Waals surface area contributed by atoms with Gasteiger partial charge in [0.25, 0.3) is 0 Å². The molecule has 138 valence electrons. The molecule has 0 aromatic carbocycles. The third-order valence-electron chi connectivity index (χ3n) is 4.61. The van der Waals surface area contributed by atoms with Gasteiger partial charge in [0.1, 0.15) is 22.0 Å². The van der Waals surface area contributed by atoms with Gasteiger partial charge < -0.3 is 10.2 Å². The van der Waals surface area contributed by atoms with Crippen LogP contribution < -0.4 is 5.43 Å². The van der Waals surface area contributed by atoms with E-state index in [-0.39, 0.29) is 17.5 Å². The van der Waals surface area contributed by atoms with Gasteiger partial charge in [-0.25, -0.2) is 23.1 Å². The summed E-state index contributed by atoms with van der Waals surface area (Å²) < 4.78 is 30.8. The zero-order valence-corrected chi connectivity index (χ0v) is 16.2. The molecule has 1 saturated heterocycles. The Morgan fingerprint density at radius 2 is 1.96 bits per heavy atom. The van der Waals surface area contributed by atoms with Gasteiger partial charge in [0.05, 0.1) is 17.0 Å². The second-order valence-electron chi connectivity index (χ2n) is 6.37. The Morgan fingerprint density at radius 3 is 2.60 bits per heavy atom. The van der Waals surface area contributed by atoms with Crippen molar-refractivity contribution >= 4 is 32.5 Å². The number of ether oxygens (including phenoxy) is 1. The highest BCUT2D eigenvalue weighted by Crippen LogP contribution is 2.27. The summed E-state index contributed by atoms with van der Waals surface area (Å²) in [7, 11) is -2.90. The van der Waals surface area contributed by atoms with Crippen LogP contribution in [0.3, 0.4) is 0 Å². The molecular formula is C16H23ClN4O3S. The fraction of sp³-hybridized carbons (Fsp3) is 0.625. The normalized spacial score (nSPS) is 17.9. The zero-order valence-electron chi connectivity index (χ0n) is 14.7. The predicted molar refractivity (Wildman–Crippen MR) is 98.4 cm³/mol. The number of aryl methyl sites for hydroxylation is 2. The summed E-state index contributed by atoms with van der Waals surface area (Å²) in [5.74, 6) is 1.12. The lowest BCUT2D eigenvalue weighted by Gasteiger charge is -2.26. The molecule has 3 heterocycles. The summed E-state index contributed by atoms with van der Waals surface area (Å²) in [6, 6.07) is 0.0629. The molecular weight excluding hydrogens is 364 g/mol. The zero-order chi connectivity index (χ0) is 18.2. The van der Waals surface area contributed by atoms with Crippen LogP contribution in [0.15, 0.2) is 0 Å². The van der Waals surface area contributed by atoms with E-state index in [1.165, 1.54) is 0 Å². The van der Waals surface area contributed by atoms with Crippen LogP contribution >= 0.6 is 11.6 Å². The van der Waals surface area contributed by atoms with Crippen molar-refractivity contribution < 1.29 is 13.2 Å². The van der Waals surface area contributed by atoms with E-state index >= 15 is 0 Å². The number of pyridine rings is 1. The molecule has 0 radical (unpaired) electrons. The second kappa shape index (κ2) is 7.09. The van der Waals surface area contributed by atoms with E-state index in [4.69, 9.17) is 16.3 Å². The Bertz CT molecular complexity index is 881. The van der Waals surface area contributed by atoms with Crippen LogP contribution in [0.1, 0.15) is 36.8 Å². The minimum absolute atomic E-state index is 0.0629. The predicted octanol–water partition coefficient (Wildman–Crippen LogP) is 2.36. The molecule has 1 fully saturated rings. The third-order valence-corrected chi connectivity index (χ3v) is 6.59. The van der Waals surface area contributed by atoms with Crippen molar-refractivity contribution in [3.05, 3.63) is 22.2 Å². The van der Waals surface area contributed by atoms with Gasteiger partial charge in [-0.15, -0.1) is 0 Å². The standard InChI is InChI=1S/C16H23ClN4O3S/c1-4-24-9-13-19-14-15(10(2)11(3)18-16(14)17)21(13)20-12-5-7-25(22,23)8-6-12/h12,20H,4-9H2,1-3H3. The minimum atomic E-state index is -2.90. The van der Waals surface area contributed by atoms with Crippen molar-refractivity contribution in [2.75, 3.05) is 23.5 Å². The monoisotopic (exact) mass is 386 g/mol.